The summed E-state index contributed by atoms with van der Waals surface area (Å²) in [5, 5.41) is 0. The molecule has 2 nitrogen and oxygen atoms in total. The predicted octanol–water partition coefficient (Wildman–Crippen LogP) is 6.81. The Morgan fingerprint density at radius 2 is 1.24 bits per heavy atom. The smallest absolute Gasteiger partial charge is 0.120 e. The zero-order valence-electron chi connectivity index (χ0n) is 16.2. The highest BCUT2D eigenvalue weighted by atomic mass is 16.5. The average molecular weight is 375 g/mol. The number of rotatable bonds is 5. The highest BCUT2D eigenvalue weighted by Gasteiger charge is 2.12. The molecule has 29 heavy (non-hydrogen) atoms. The molecule has 0 aliphatic rings. The molecule has 0 aliphatic carbocycles. The molecule has 140 valence electrons. The lowest BCUT2D eigenvalue weighted by Gasteiger charge is -2.25. The third kappa shape index (κ3) is 3.85. The molecule has 0 radical (unpaired) electrons. The lowest BCUT2D eigenvalue weighted by atomic mass is 9.99. The SMILES string of the molecule is C#Cc1cc(OC)ccc1-c1ccc(N(c2ccccc2)c2ccccc2)cc1. The fraction of sp³-hybridized carbons (Fsp3) is 0.0370. The Balaban J connectivity index is 1.75. The van der Waals surface area contributed by atoms with Gasteiger partial charge < -0.3 is 9.64 Å². The maximum absolute atomic E-state index is 5.73. The third-order valence-corrected chi connectivity index (χ3v) is 4.85. The third-order valence-electron chi connectivity index (χ3n) is 4.85. The van der Waals surface area contributed by atoms with Crippen LogP contribution in [-0.4, -0.2) is 7.11 Å². The number of terminal acetylenes is 1. The molecule has 0 N–H and O–H groups in total. The number of hydrogen-bond donors (Lipinski definition) is 0. The minimum atomic E-state index is 0.762. The Labute approximate surface area is 172 Å². The Bertz CT molecular complexity index is 1090. The topological polar surface area (TPSA) is 12.5 Å². The van der Waals surface area contributed by atoms with Crippen LogP contribution in [0.5, 0.6) is 5.75 Å². The zero-order valence-corrected chi connectivity index (χ0v) is 16.2. The Morgan fingerprint density at radius 1 is 0.690 bits per heavy atom. The van der Waals surface area contributed by atoms with Crippen molar-refractivity contribution in [1.82, 2.24) is 0 Å². The minimum absolute atomic E-state index is 0.762. The van der Waals surface area contributed by atoms with E-state index in [0.717, 1.165) is 39.5 Å². The van der Waals surface area contributed by atoms with E-state index in [0.29, 0.717) is 0 Å². The Kier molecular flexibility index (Phi) is 5.31. The van der Waals surface area contributed by atoms with Crippen LogP contribution >= 0.6 is 0 Å². The van der Waals surface area contributed by atoms with E-state index >= 15 is 0 Å². The van der Waals surface area contributed by atoms with E-state index in [4.69, 9.17) is 11.2 Å². The van der Waals surface area contributed by atoms with Gasteiger partial charge in [0.1, 0.15) is 5.75 Å². The van der Waals surface area contributed by atoms with Crippen LogP contribution in [0, 0.1) is 12.3 Å². The molecular formula is C27H21NO. The van der Waals surface area contributed by atoms with Crippen LogP contribution in [0.4, 0.5) is 17.1 Å². The number of methoxy groups -OCH3 is 1. The molecule has 4 aromatic carbocycles. The monoisotopic (exact) mass is 375 g/mol. The highest BCUT2D eigenvalue weighted by Crippen LogP contribution is 2.36. The van der Waals surface area contributed by atoms with Gasteiger partial charge in [-0.2, -0.15) is 0 Å². The van der Waals surface area contributed by atoms with Crippen LogP contribution in [0.1, 0.15) is 5.56 Å². The van der Waals surface area contributed by atoms with Gasteiger partial charge in [-0.25, -0.2) is 0 Å². The van der Waals surface area contributed by atoms with Crippen LogP contribution < -0.4 is 9.64 Å². The van der Waals surface area contributed by atoms with Crippen molar-refractivity contribution in [2.75, 3.05) is 12.0 Å². The van der Waals surface area contributed by atoms with Crippen LogP contribution in [0.15, 0.2) is 103 Å². The maximum Gasteiger partial charge on any atom is 0.120 e. The molecule has 0 heterocycles. The van der Waals surface area contributed by atoms with Crippen molar-refractivity contribution in [3.05, 3.63) is 109 Å². The van der Waals surface area contributed by atoms with E-state index in [9.17, 15) is 0 Å². The molecule has 0 aromatic heterocycles. The molecule has 0 amide bonds. The first-order chi connectivity index (χ1) is 14.3. The van der Waals surface area contributed by atoms with Gasteiger partial charge in [0, 0.05) is 22.6 Å². The quantitative estimate of drug-likeness (QED) is 0.355. The fourth-order valence-corrected chi connectivity index (χ4v) is 3.41. The van der Waals surface area contributed by atoms with Gasteiger partial charge in [-0.3, -0.25) is 0 Å². The summed E-state index contributed by atoms with van der Waals surface area (Å²) in [5.74, 6) is 3.53. The summed E-state index contributed by atoms with van der Waals surface area (Å²) >= 11 is 0. The summed E-state index contributed by atoms with van der Waals surface area (Å²) in [6.07, 6.45) is 5.73. The maximum atomic E-state index is 5.73. The molecule has 4 aromatic rings. The number of ether oxygens (including phenoxy) is 1. The first kappa shape index (κ1) is 18.4. The summed E-state index contributed by atoms with van der Waals surface area (Å²) in [5.41, 5.74) is 6.22. The number of anilines is 3. The van der Waals surface area contributed by atoms with Crippen molar-refractivity contribution in [2.45, 2.75) is 0 Å². The Hall–Kier alpha value is -3.96. The van der Waals surface area contributed by atoms with Crippen LogP contribution in [0.25, 0.3) is 11.1 Å². The van der Waals surface area contributed by atoms with E-state index in [1.165, 1.54) is 0 Å². The molecule has 0 fully saturated rings. The van der Waals surface area contributed by atoms with Gasteiger partial charge in [-0.15, -0.1) is 6.42 Å². The predicted molar refractivity (Wildman–Crippen MR) is 121 cm³/mol. The standard InChI is InChI=1S/C27H21NO/c1-3-21-20-26(29-2)18-19-27(21)22-14-16-25(17-15-22)28(23-10-6-4-7-11-23)24-12-8-5-9-13-24/h1,4-20H,2H3. The Morgan fingerprint density at radius 3 is 1.76 bits per heavy atom. The normalized spacial score (nSPS) is 10.2. The van der Waals surface area contributed by atoms with Crippen molar-refractivity contribution in [3.63, 3.8) is 0 Å². The van der Waals surface area contributed by atoms with E-state index in [2.05, 4.69) is 83.6 Å². The zero-order chi connectivity index (χ0) is 20.1. The van der Waals surface area contributed by atoms with Crippen molar-refractivity contribution in [1.29, 1.82) is 0 Å². The van der Waals surface area contributed by atoms with Gasteiger partial charge in [0.15, 0.2) is 0 Å². The minimum Gasteiger partial charge on any atom is -0.497 e. The summed E-state index contributed by atoms with van der Waals surface area (Å²) < 4.78 is 5.29. The summed E-state index contributed by atoms with van der Waals surface area (Å²) in [4.78, 5) is 2.24. The van der Waals surface area contributed by atoms with Crippen LogP contribution in [0.3, 0.4) is 0 Å². The van der Waals surface area contributed by atoms with Crippen LogP contribution in [0.2, 0.25) is 0 Å². The second kappa shape index (κ2) is 8.37. The number of benzene rings is 4. The van der Waals surface area contributed by atoms with E-state index in [-0.39, 0.29) is 0 Å². The molecule has 0 saturated heterocycles. The van der Waals surface area contributed by atoms with Crippen molar-refractivity contribution >= 4 is 17.1 Å². The number of nitrogens with zero attached hydrogens (tertiary/aromatic N) is 1. The van der Waals surface area contributed by atoms with E-state index < -0.39 is 0 Å². The molecule has 0 bridgehead atoms. The lowest BCUT2D eigenvalue weighted by Crippen LogP contribution is -2.09. The number of hydrogen-bond acceptors (Lipinski definition) is 2. The van der Waals surface area contributed by atoms with Crippen molar-refractivity contribution < 1.29 is 4.74 Å². The first-order valence-electron chi connectivity index (χ1n) is 9.45. The second-order valence-electron chi connectivity index (χ2n) is 6.61. The van der Waals surface area contributed by atoms with Gasteiger partial charge in [0.05, 0.1) is 7.11 Å². The molecule has 2 heteroatoms. The van der Waals surface area contributed by atoms with Gasteiger partial charge >= 0.3 is 0 Å². The van der Waals surface area contributed by atoms with Gasteiger partial charge in [-0.1, -0.05) is 54.5 Å². The molecule has 0 aliphatic heterocycles. The first-order valence-corrected chi connectivity index (χ1v) is 9.45. The lowest BCUT2D eigenvalue weighted by molar-refractivity contribution is 0.415. The fourth-order valence-electron chi connectivity index (χ4n) is 3.41. The van der Waals surface area contributed by atoms with Gasteiger partial charge in [-0.05, 0) is 65.7 Å². The molecular weight excluding hydrogens is 354 g/mol. The highest BCUT2D eigenvalue weighted by molar-refractivity contribution is 5.79. The molecule has 0 atom stereocenters. The molecule has 0 spiro atoms. The van der Waals surface area contributed by atoms with Crippen LogP contribution in [-0.2, 0) is 0 Å². The number of para-hydroxylation sites is 2. The van der Waals surface area contributed by atoms with E-state index in [1.807, 2.05) is 30.3 Å². The van der Waals surface area contributed by atoms with Crippen molar-refractivity contribution in [2.24, 2.45) is 0 Å². The molecule has 4 rings (SSSR count). The summed E-state index contributed by atoms with van der Waals surface area (Å²) in [6, 6.07) is 35.0. The molecule has 0 unspecified atom stereocenters. The van der Waals surface area contributed by atoms with Gasteiger partial charge in [0.2, 0.25) is 0 Å². The summed E-state index contributed by atoms with van der Waals surface area (Å²) in [7, 11) is 1.64. The molecule has 0 saturated carbocycles. The summed E-state index contributed by atoms with van der Waals surface area (Å²) in [6.45, 7) is 0. The van der Waals surface area contributed by atoms with Gasteiger partial charge in [0.25, 0.3) is 0 Å². The van der Waals surface area contributed by atoms with Crippen molar-refractivity contribution in [3.8, 4) is 29.2 Å². The largest absolute Gasteiger partial charge is 0.497 e. The second-order valence-corrected chi connectivity index (χ2v) is 6.61. The van der Waals surface area contributed by atoms with E-state index in [1.54, 1.807) is 7.11 Å². The average Bonchev–Trinajstić information content (AvgIpc) is 2.81.